The normalized spacial score (nSPS) is 11.3. The molecule has 0 saturated heterocycles. The third-order valence-electron chi connectivity index (χ3n) is 4.92. The van der Waals surface area contributed by atoms with Crippen LogP contribution in [-0.4, -0.2) is 47.9 Å². The van der Waals surface area contributed by atoms with E-state index in [-0.39, 0.29) is 16.3 Å². The first kappa shape index (κ1) is 22.1. The molecule has 3 aromatic rings. The molecule has 9 heteroatoms. The highest BCUT2D eigenvalue weighted by molar-refractivity contribution is 7.22. The van der Waals surface area contributed by atoms with Gasteiger partial charge < -0.3 is 4.90 Å². The van der Waals surface area contributed by atoms with E-state index in [2.05, 4.69) is 0 Å². The highest BCUT2D eigenvalue weighted by Gasteiger charge is 2.28. The quantitative estimate of drug-likeness (QED) is 0.373. The van der Waals surface area contributed by atoms with Gasteiger partial charge in [-0.15, -0.1) is 0 Å². The molecule has 30 heavy (non-hydrogen) atoms. The molecule has 0 aliphatic carbocycles. The number of fused-ring (bicyclic) bond motifs is 1. The Morgan fingerprint density at radius 3 is 2.60 bits per heavy atom. The Hall–Kier alpha value is -2.55. The van der Waals surface area contributed by atoms with E-state index in [4.69, 9.17) is 16.6 Å². The summed E-state index contributed by atoms with van der Waals surface area (Å²) in [6.45, 7) is 5.17. The number of nitrogens with zero attached hydrogens (tertiary/aromatic N) is 4. The van der Waals surface area contributed by atoms with Gasteiger partial charge >= 0.3 is 0 Å². The van der Waals surface area contributed by atoms with Gasteiger partial charge in [0.15, 0.2) is 5.13 Å². The largest absolute Gasteiger partial charge is 0.309 e. The van der Waals surface area contributed by atoms with E-state index in [0.29, 0.717) is 18.1 Å². The number of rotatable bonds is 7. The van der Waals surface area contributed by atoms with Gasteiger partial charge in [-0.2, -0.15) is 0 Å². The lowest BCUT2D eigenvalue weighted by Gasteiger charge is -2.21. The van der Waals surface area contributed by atoms with Crippen LogP contribution in [0.4, 0.5) is 10.8 Å². The van der Waals surface area contributed by atoms with E-state index in [1.807, 2.05) is 45.0 Å². The van der Waals surface area contributed by atoms with E-state index in [1.165, 1.54) is 34.4 Å². The van der Waals surface area contributed by atoms with Gasteiger partial charge in [-0.1, -0.05) is 29.0 Å². The Kier molecular flexibility index (Phi) is 6.70. The molecule has 0 atom stereocenters. The Morgan fingerprint density at radius 2 is 1.93 bits per heavy atom. The lowest BCUT2D eigenvalue weighted by atomic mass is 10.1. The zero-order chi connectivity index (χ0) is 22.0. The summed E-state index contributed by atoms with van der Waals surface area (Å²) in [6, 6.07) is 8.04. The van der Waals surface area contributed by atoms with Crippen LogP contribution in [0.25, 0.3) is 10.2 Å². The van der Waals surface area contributed by atoms with Gasteiger partial charge in [-0.25, -0.2) is 4.98 Å². The molecule has 3 rings (SSSR count). The molecule has 0 radical (unpaired) electrons. The van der Waals surface area contributed by atoms with Crippen molar-refractivity contribution in [3.8, 4) is 0 Å². The molecule has 0 N–H and O–H groups in total. The van der Waals surface area contributed by atoms with Crippen molar-refractivity contribution < 1.29 is 9.72 Å². The minimum absolute atomic E-state index is 0.0375. The number of halogens is 1. The second kappa shape index (κ2) is 9.07. The monoisotopic (exact) mass is 446 g/mol. The zero-order valence-electron chi connectivity index (χ0n) is 17.3. The molecule has 1 amide bonds. The topological polar surface area (TPSA) is 79.6 Å². The Morgan fingerprint density at radius 1 is 1.20 bits per heavy atom. The van der Waals surface area contributed by atoms with E-state index in [1.54, 1.807) is 0 Å². The zero-order valence-corrected chi connectivity index (χ0v) is 18.9. The molecule has 7 nitrogen and oxygen atoms in total. The Labute approximate surface area is 184 Å². The van der Waals surface area contributed by atoms with Crippen LogP contribution >= 0.6 is 22.9 Å². The fourth-order valence-electron chi connectivity index (χ4n) is 3.14. The number of thiazole rings is 1. The molecule has 0 unspecified atom stereocenters. The van der Waals surface area contributed by atoms with Crippen molar-refractivity contribution in [2.75, 3.05) is 32.1 Å². The molecular weight excluding hydrogens is 424 g/mol. The van der Waals surface area contributed by atoms with Gasteiger partial charge in [0.2, 0.25) is 0 Å². The SMILES string of the molecule is Cc1ccc2sc(N(CCCN(C)C)C(=O)c3cc(Cl)ccc3[N+](=O)[O-])nc2c1C. The van der Waals surface area contributed by atoms with E-state index in [0.717, 1.165) is 27.9 Å². The second-order valence-electron chi connectivity index (χ2n) is 7.38. The summed E-state index contributed by atoms with van der Waals surface area (Å²) in [5.41, 5.74) is 2.72. The maximum atomic E-state index is 13.4. The summed E-state index contributed by atoms with van der Waals surface area (Å²) in [4.78, 5) is 32.7. The fraction of sp³-hybridized carbons (Fsp3) is 0.333. The maximum absolute atomic E-state index is 13.4. The minimum atomic E-state index is -0.562. The molecule has 0 saturated carbocycles. The van der Waals surface area contributed by atoms with Gasteiger partial charge in [-0.05, 0) is 70.2 Å². The number of aromatic nitrogens is 1. The van der Waals surface area contributed by atoms with Gasteiger partial charge in [0.1, 0.15) is 5.56 Å². The minimum Gasteiger partial charge on any atom is -0.309 e. The summed E-state index contributed by atoms with van der Waals surface area (Å²) in [7, 11) is 3.91. The number of anilines is 1. The van der Waals surface area contributed by atoms with Crippen LogP contribution in [0.1, 0.15) is 27.9 Å². The number of nitro benzene ring substituents is 1. The van der Waals surface area contributed by atoms with Crippen molar-refractivity contribution in [2.24, 2.45) is 0 Å². The van der Waals surface area contributed by atoms with Gasteiger partial charge in [0.25, 0.3) is 11.6 Å². The van der Waals surface area contributed by atoms with Crippen LogP contribution in [0.15, 0.2) is 30.3 Å². The Balaban J connectivity index is 2.07. The molecule has 0 fully saturated rings. The molecule has 1 heterocycles. The molecule has 0 spiro atoms. The van der Waals surface area contributed by atoms with Crippen LogP contribution in [0, 0.1) is 24.0 Å². The first-order chi connectivity index (χ1) is 14.2. The number of nitro groups is 1. The lowest BCUT2D eigenvalue weighted by molar-refractivity contribution is -0.385. The average Bonchev–Trinajstić information content (AvgIpc) is 3.12. The van der Waals surface area contributed by atoms with Crippen LogP contribution in [0.2, 0.25) is 5.02 Å². The summed E-state index contributed by atoms with van der Waals surface area (Å²) in [5.74, 6) is -0.476. The molecule has 158 valence electrons. The number of aryl methyl sites for hydroxylation is 2. The van der Waals surface area contributed by atoms with Gasteiger partial charge in [-0.3, -0.25) is 19.8 Å². The summed E-state index contributed by atoms with van der Waals surface area (Å²) in [5, 5.41) is 12.3. The second-order valence-corrected chi connectivity index (χ2v) is 8.83. The molecule has 1 aromatic heterocycles. The predicted molar refractivity (Wildman–Crippen MR) is 122 cm³/mol. The number of hydrogen-bond donors (Lipinski definition) is 0. The Bertz CT molecular complexity index is 1110. The van der Waals surface area contributed by atoms with Crippen molar-refractivity contribution in [1.29, 1.82) is 0 Å². The number of hydrogen-bond acceptors (Lipinski definition) is 6. The molecule has 0 bridgehead atoms. The number of carbonyl (C=O) groups excluding carboxylic acids is 1. The maximum Gasteiger partial charge on any atom is 0.282 e. The molecule has 0 aliphatic heterocycles. The summed E-state index contributed by atoms with van der Waals surface area (Å²) < 4.78 is 0.971. The molecule has 0 aliphatic rings. The van der Waals surface area contributed by atoms with Crippen LogP contribution in [0.5, 0.6) is 0 Å². The number of carbonyl (C=O) groups is 1. The molecule has 2 aromatic carbocycles. The first-order valence-corrected chi connectivity index (χ1v) is 10.7. The smallest absolute Gasteiger partial charge is 0.282 e. The van der Waals surface area contributed by atoms with Crippen molar-refractivity contribution in [3.05, 3.63) is 62.2 Å². The van der Waals surface area contributed by atoms with Crippen LogP contribution in [-0.2, 0) is 0 Å². The summed E-state index contributed by atoms with van der Waals surface area (Å²) in [6.07, 6.45) is 0.695. The number of amides is 1. The third-order valence-corrected chi connectivity index (χ3v) is 6.20. The average molecular weight is 447 g/mol. The number of benzene rings is 2. The summed E-state index contributed by atoms with van der Waals surface area (Å²) >= 11 is 7.46. The van der Waals surface area contributed by atoms with Crippen molar-refractivity contribution in [2.45, 2.75) is 20.3 Å². The van der Waals surface area contributed by atoms with E-state index in [9.17, 15) is 14.9 Å². The standard InChI is InChI=1S/C21H23ClN4O3S/c1-13-6-9-18-19(14(13)2)23-21(30-18)25(11-5-10-24(3)4)20(27)16-12-15(22)7-8-17(16)26(28)29/h6-9,12H,5,10-11H2,1-4H3. The van der Waals surface area contributed by atoms with Crippen molar-refractivity contribution >= 4 is 49.9 Å². The first-order valence-electron chi connectivity index (χ1n) is 9.46. The van der Waals surface area contributed by atoms with Gasteiger partial charge in [0.05, 0.1) is 15.1 Å². The van der Waals surface area contributed by atoms with E-state index >= 15 is 0 Å². The molecular formula is C21H23ClN4O3S. The van der Waals surface area contributed by atoms with E-state index < -0.39 is 10.8 Å². The van der Waals surface area contributed by atoms with Gasteiger partial charge in [0, 0.05) is 17.6 Å². The third kappa shape index (κ3) is 4.61. The highest BCUT2D eigenvalue weighted by Crippen LogP contribution is 2.34. The highest BCUT2D eigenvalue weighted by atomic mass is 35.5. The van der Waals surface area contributed by atoms with Crippen molar-refractivity contribution in [1.82, 2.24) is 9.88 Å². The van der Waals surface area contributed by atoms with Crippen LogP contribution < -0.4 is 4.90 Å². The predicted octanol–water partition coefficient (Wildman–Crippen LogP) is 5.07. The fourth-order valence-corrected chi connectivity index (χ4v) is 4.36. The lowest BCUT2D eigenvalue weighted by Crippen LogP contribution is -2.33. The van der Waals surface area contributed by atoms with Crippen LogP contribution in [0.3, 0.4) is 0 Å². The van der Waals surface area contributed by atoms with Crippen molar-refractivity contribution in [3.63, 3.8) is 0 Å².